The average Bonchev–Trinajstić information content (AvgIpc) is 1.85. The molecular weight excluding hydrogens is 170 g/mol. The number of rotatable bonds is 1. The summed E-state index contributed by atoms with van der Waals surface area (Å²) in [5.41, 5.74) is 5.26. The fourth-order valence-corrected chi connectivity index (χ4v) is 0.766. The van der Waals surface area contributed by atoms with Crippen molar-refractivity contribution < 1.29 is 10.4 Å². The fourth-order valence-electron chi connectivity index (χ4n) is 0.612. The highest BCUT2D eigenvalue weighted by atomic mass is 35.5. The summed E-state index contributed by atoms with van der Waals surface area (Å²) in [5.74, 6) is -0.0394. The molecule has 0 fully saturated rings. The summed E-state index contributed by atoms with van der Waals surface area (Å²) in [6.07, 6.45) is 0. The van der Waals surface area contributed by atoms with Crippen molar-refractivity contribution in [1.29, 1.82) is 0 Å². The van der Waals surface area contributed by atoms with Crippen LogP contribution in [-0.4, -0.2) is 15.4 Å². The zero-order valence-electron chi connectivity index (χ0n) is 5.40. The number of aromatic nitrogens is 1. The highest BCUT2D eigenvalue weighted by Crippen LogP contribution is 2.20. The van der Waals surface area contributed by atoms with Crippen LogP contribution in [-0.2, 0) is 0 Å². The second-order valence-corrected chi connectivity index (χ2v) is 2.22. The van der Waals surface area contributed by atoms with Gasteiger partial charge < -0.3 is 5.73 Å². The molecule has 0 atom stereocenters. The average molecular weight is 176 g/mol. The van der Waals surface area contributed by atoms with E-state index in [4.69, 9.17) is 27.7 Å². The van der Waals surface area contributed by atoms with Crippen molar-refractivity contribution in [3.63, 3.8) is 0 Å². The molecule has 0 radical (unpaired) electrons. The summed E-state index contributed by atoms with van der Waals surface area (Å²) < 4.78 is 0. The topological polar surface area (TPSA) is 82.6 Å². The number of hydrogen-bond acceptors (Lipinski definition) is 5. The third-order valence-corrected chi connectivity index (χ3v) is 1.29. The van der Waals surface area contributed by atoms with E-state index in [1.807, 2.05) is 0 Å². The lowest BCUT2D eigenvalue weighted by atomic mass is 10.4. The van der Waals surface area contributed by atoms with Gasteiger partial charge in [-0.25, -0.2) is 4.98 Å². The van der Waals surface area contributed by atoms with Gasteiger partial charge in [-0.05, 0) is 12.1 Å². The van der Waals surface area contributed by atoms with E-state index in [2.05, 4.69) is 4.98 Å². The molecule has 0 saturated carbocycles. The maximum absolute atomic E-state index is 8.52. The van der Waals surface area contributed by atoms with Gasteiger partial charge in [0.1, 0.15) is 10.8 Å². The number of nitrogens with two attached hydrogens (primary N) is 1. The van der Waals surface area contributed by atoms with Gasteiger partial charge in [-0.1, -0.05) is 11.6 Å². The minimum atomic E-state index is -0.112. The molecule has 1 aromatic rings. The van der Waals surface area contributed by atoms with Crippen molar-refractivity contribution in [2.45, 2.75) is 0 Å². The van der Waals surface area contributed by atoms with Gasteiger partial charge in [-0.2, -0.15) is 0 Å². The quantitative estimate of drug-likeness (QED) is 0.436. The summed E-state index contributed by atoms with van der Waals surface area (Å²) in [6.45, 7) is 0. The highest BCUT2D eigenvalue weighted by molar-refractivity contribution is 6.29. The molecule has 0 spiro atoms. The first-order valence-corrected chi connectivity index (χ1v) is 3.09. The van der Waals surface area contributed by atoms with E-state index in [1.165, 1.54) is 12.1 Å². The van der Waals surface area contributed by atoms with E-state index in [-0.39, 0.29) is 21.9 Å². The van der Waals surface area contributed by atoms with Gasteiger partial charge >= 0.3 is 0 Å². The maximum atomic E-state index is 8.52. The predicted octanol–water partition coefficient (Wildman–Crippen LogP) is 0.902. The zero-order valence-corrected chi connectivity index (χ0v) is 6.15. The molecule has 1 heterocycles. The second kappa shape index (κ2) is 2.91. The second-order valence-electron chi connectivity index (χ2n) is 1.83. The minimum absolute atomic E-state index is 0.00519. The lowest BCUT2D eigenvalue weighted by Gasteiger charge is -2.08. The standard InChI is InChI=1S/C5H6ClN3O2/c6-4-2-1-3(9(10)11)5(7)8-4/h1-2,10-11H,(H2,7,8). The molecule has 0 saturated heterocycles. The molecule has 0 unspecified atom stereocenters. The van der Waals surface area contributed by atoms with E-state index in [0.717, 1.165) is 0 Å². The lowest BCUT2D eigenvalue weighted by Crippen LogP contribution is -2.13. The Morgan fingerprint density at radius 3 is 2.55 bits per heavy atom. The highest BCUT2D eigenvalue weighted by Gasteiger charge is 2.05. The monoisotopic (exact) mass is 175 g/mol. The summed E-state index contributed by atoms with van der Waals surface area (Å²) >= 11 is 5.45. The van der Waals surface area contributed by atoms with E-state index < -0.39 is 0 Å². The Kier molecular flexibility index (Phi) is 2.13. The Balaban J connectivity index is 3.09. The Hall–Kier alpha value is -1.04. The number of pyridine rings is 1. The number of hydrogen-bond donors (Lipinski definition) is 3. The van der Waals surface area contributed by atoms with Crippen LogP contribution in [0.25, 0.3) is 0 Å². The smallest absolute Gasteiger partial charge is 0.153 e. The first kappa shape index (κ1) is 8.06. The number of anilines is 2. The molecule has 0 aliphatic rings. The Morgan fingerprint density at radius 2 is 2.09 bits per heavy atom. The third kappa shape index (κ3) is 1.70. The summed E-state index contributed by atoms with van der Waals surface area (Å²) in [5, 5.41) is 17.1. The number of nitrogen functional groups attached to an aromatic ring is 1. The van der Waals surface area contributed by atoms with Crippen LogP contribution in [0.1, 0.15) is 0 Å². The molecule has 0 aliphatic heterocycles. The molecule has 1 aromatic heterocycles. The van der Waals surface area contributed by atoms with Gasteiger partial charge in [-0.3, -0.25) is 10.4 Å². The van der Waals surface area contributed by atoms with E-state index in [0.29, 0.717) is 0 Å². The van der Waals surface area contributed by atoms with Gasteiger partial charge in [0, 0.05) is 0 Å². The molecule has 5 nitrogen and oxygen atoms in total. The van der Waals surface area contributed by atoms with E-state index in [1.54, 1.807) is 0 Å². The van der Waals surface area contributed by atoms with Crippen LogP contribution in [0.5, 0.6) is 0 Å². The zero-order chi connectivity index (χ0) is 8.43. The van der Waals surface area contributed by atoms with E-state index >= 15 is 0 Å². The summed E-state index contributed by atoms with van der Waals surface area (Å²) in [7, 11) is 0. The molecule has 0 amide bonds. The number of nitrogens with zero attached hydrogens (tertiary/aromatic N) is 2. The minimum Gasteiger partial charge on any atom is -0.382 e. The number of halogens is 1. The third-order valence-electron chi connectivity index (χ3n) is 1.08. The van der Waals surface area contributed by atoms with Crippen LogP contribution >= 0.6 is 11.6 Å². The van der Waals surface area contributed by atoms with Crippen LogP contribution in [0.2, 0.25) is 5.15 Å². The van der Waals surface area contributed by atoms with Crippen LogP contribution in [0.3, 0.4) is 0 Å². The molecule has 0 aliphatic carbocycles. The van der Waals surface area contributed by atoms with Crippen molar-refractivity contribution in [3.05, 3.63) is 17.3 Å². The molecule has 60 valence electrons. The first-order chi connectivity index (χ1) is 5.11. The largest absolute Gasteiger partial charge is 0.382 e. The Bertz CT molecular complexity index is 266. The predicted molar refractivity (Wildman–Crippen MR) is 39.7 cm³/mol. The Labute approximate surface area is 67.6 Å². The maximum Gasteiger partial charge on any atom is 0.153 e. The molecular formula is C5H6ClN3O2. The van der Waals surface area contributed by atoms with Gasteiger partial charge in [0.15, 0.2) is 5.82 Å². The molecule has 6 heteroatoms. The van der Waals surface area contributed by atoms with Crippen molar-refractivity contribution in [2.24, 2.45) is 0 Å². The van der Waals surface area contributed by atoms with Gasteiger partial charge in [0.05, 0.1) is 0 Å². The van der Waals surface area contributed by atoms with Crippen LogP contribution in [0, 0.1) is 0 Å². The van der Waals surface area contributed by atoms with Gasteiger partial charge in [0.25, 0.3) is 0 Å². The van der Waals surface area contributed by atoms with Crippen LogP contribution in [0.4, 0.5) is 11.5 Å². The lowest BCUT2D eigenvalue weighted by molar-refractivity contribution is 0.0294. The SMILES string of the molecule is Nc1nc(Cl)ccc1N(O)O. The first-order valence-electron chi connectivity index (χ1n) is 2.71. The molecule has 4 N–H and O–H groups in total. The normalized spacial score (nSPS) is 9.73. The van der Waals surface area contributed by atoms with E-state index in [9.17, 15) is 0 Å². The summed E-state index contributed by atoms with van der Waals surface area (Å²) in [4.78, 5) is 3.58. The van der Waals surface area contributed by atoms with Crippen molar-refractivity contribution in [3.8, 4) is 0 Å². The fraction of sp³-hybridized carbons (Fsp3) is 0. The van der Waals surface area contributed by atoms with Crippen molar-refractivity contribution in [1.82, 2.24) is 4.98 Å². The van der Waals surface area contributed by atoms with Crippen molar-refractivity contribution >= 4 is 23.1 Å². The molecule has 0 bridgehead atoms. The van der Waals surface area contributed by atoms with Crippen LogP contribution in [0.15, 0.2) is 12.1 Å². The molecule has 0 aromatic carbocycles. The van der Waals surface area contributed by atoms with Gasteiger partial charge in [0.2, 0.25) is 0 Å². The van der Waals surface area contributed by atoms with Crippen molar-refractivity contribution in [2.75, 3.05) is 11.0 Å². The Morgan fingerprint density at radius 1 is 1.45 bits per heavy atom. The van der Waals surface area contributed by atoms with Gasteiger partial charge in [-0.15, -0.1) is 5.23 Å². The summed E-state index contributed by atoms with van der Waals surface area (Å²) in [6, 6.07) is 2.73. The molecule has 1 rings (SSSR count). The van der Waals surface area contributed by atoms with Crippen LogP contribution < -0.4 is 11.0 Å². The molecule has 11 heavy (non-hydrogen) atoms.